The minimum absolute atomic E-state index is 0.107. The lowest BCUT2D eigenvalue weighted by molar-refractivity contribution is -0.384. The molecule has 0 aromatic heterocycles. The Morgan fingerprint density at radius 1 is 0.769 bits per heavy atom. The van der Waals surface area contributed by atoms with E-state index in [4.69, 9.17) is 4.74 Å². The van der Waals surface area contributed by atoms with Crippen molar-refractivity contribution in [1.82, 2.24) is 0 Å². The molecule has 26 heavy (non-hydrogen) atoms. The van der Waals surface area contributed by atoms with E-state index in [-0.39, 0.29) is 28.3 Å². The number of ketones is 1. The minimum Gasteiger partial charge on any atom is -0.423 e. The first kappa shape index (κ1) is 17.0. The van der Waals surface area contributed by atoms with Crippen molar-refractivity contribution in [2.75, 3.05) is 0 Å². The third-order valence-corrected chi connectivity index (χ3v) is 3.69. The number of ether oxygens (including phenoxy) is 1. The van der Waals surface area contributed by atoms with E-state index in [0.29, 0.717) is 5.56 Å². The van der Waals surface area contributed by atoms with Gasteiger partial charge in [-0.3, -0.25) is 14.9 Å². The summed E-state index contributed by atoms with van der Waals surface area (Å²) in [5, 5.41) is 10.7. The van der Waals surface area contributed by atoms with E-state index in [2.05, 4.69) is 0 Å². The van der Waals surface area contributed by atoms with Gasteiger partial charge in [-0.15, -0.1) is 0 Å². The van der Waals surface area contributed by atoms with Gasteiger partial charge >= 0.3 is 5.97 Å². The summed E-state index contributed by atoms with van der Waals surface area (Å²) in [5.41, 5.74) is 0.706. The molecule has 0 spiro atoms. The zero-order chi connectivity index (χ0) is 18.5. The summed E-state index contributed by atoms with van der Waals surface area (Å²) in [6, 6.07) is 20.1. The molecule has 0 aliphatic carbocycles. The lowest BCUT2D eigenvalue weighted by atomic mass is 9.98. The Labute approximate surface area is 148 Å². The minimum atomic E-state index is -0.710. The van der Waals surface area contributed by atoms with Crippen molar-refractivity contribution in [2.45, 2.75) is 0 Å². The van der Waals surface area contributed by atoms with Gasteiger partial charge in [0.1, 0.15) is 5.75 Å². The van der Waals surface area contributed by atoms with Crippen molar-refractivity contribution in [3.05, 3.63) is 106 Å². The molecule has 0 aliphatic heterocycles. The fourth-order valence-corrected chi connectivity index (χ4v) is 2.40. The van der Waals surface area contributed by atoms with Crippen LogP contribution in [0.5, 0.6) is 5.75 Å². The van der Waals surface area contributed by atoms with Crippen molar-refractivity contribution in [3.8, 4) is 5.75 Å². The molecular weight excluding hydrogens is 334 g/mol. The van der Waals surface area contributed by atoms with Gasteiger partial charge in [0.15, 0.2) is 5.78 Å². The molecular formula is C20H13NO5. The van der Waals surface area contributed by atoms with Crippen LogP contribution in [0.4, 0.5) is 5.69 Å². The van der Waals surface area contributed by atoms with Crippen LogP contribution in [-0.4, -0.2) is 16.7 Å². The first-order valence-corrected chi connectivity index (χ1v) is 7.71. The van der Waals surface area contributed by atoms with Gasteiger partial charge in [-0.2, -0.15) is 0 Å². The SMILES string of the molecule is O=C(Oc1ccc([N+](=O)[O-])cc1)c1ccccc1C(=O)c1ccccc1. The summed E-state index contributed by atoms with van der Waals surface area (Å²) >= 11 is 0. The van der Waals surface area contributed by atoms with E-state index in [1.807, 2.05) is 0 Å². The summed E-state index contributed by atoms with van der Waals surface area (Å²) in [5.74, 6) is -0.844. The van der Waals surface area contributed by atoms with Crippen LogP contribution in [-0.2, 0) is 0 Å². The molecule has 3 rings (SSSR count). The Morgan fingerprint density at radius 2 is 1.35 bits per heavy atom. The van der Waals surface area contributed by atoms with Crippen LogP contribution in [0.3, 0.4) is 0 Å². The van der Waals surface area contributed by atoms with E-state index in [1.165, 1.54) is 30.3 Å². The summed E-state index contributed by atoms with van der Waals surface area (Å²) < 4.78 is 5.25. The Kier molecular flexibility index (Phi) is 4.85. The van der Waals surface area contributed by atoms with Gasteiger partial charge < -0.3 is 4.74 Å². The maximum atomic E-state index is 12.7. The smallest absolute Gasteiger partial charge is 0.344 e. The molecule has 128 valence electrons. The average Bonchev–Trinajstić information content (AvgIpc) is 2.68. The highest BCUT2D eigenvalue weighted by Crippen LogP contribution is 2.20. The molecule has 0 atom stereocenters. The number of nitro groups is 1. The Morgan fingerprint density at radius 3 is 1.96 bits per heavy atom. The molecule has 0 saturated carbocycles. The first-order valence-electron chi connectivity index (χ1n) is 7.71. The Balaban J connectivity index is 1.86. The molecule has 0 saturated heterocycles. The second-order valence-electron chi connectivity index (χ2n) is 5.38. The number of carbonyl (C=O) groups excluding carboxylic acids is 2. The molecule has 6 heteroatoms. The van der Waals surface area contributed by atoms with Gasteiger partial charge in [0.2, 0.25) is 0 Å². The van der Waals surface area contributed by atoms with Crippen molar-refractivity contribution in [2.24, 2.45) is 0 Å². The average molecular weight is 347 g/mol. The van der Waals surface area contributed by atoms with Crippen molar-refractivity contribution < 1.29 is 19.2 Å². The van der Waals surface area contributed by atoms with Gasteiger partial charge in [-0.05, 0) is 18.2 Å². The molecule has 0 fully saturated rings. The van der Waals surface area contributed by atoms with Gasteiger partial charge in [0.25, 0.3) is 5.69 Å². The van der Waals surface area contributed by atoms with Gasteiger partial charge in [0.05, 0.1) is 10.5 Å². The fourth-order valence-electron chi connectivity index (χ4n) is 2.40. The van der Waals surface area contributed by atoms with E-state index in [9.17, 15) is 19.7 Å². The summed E-state index contributed by atoms with van der Waals surface area (Å²) in [7, 11) is 0. The number of rotatable bonds is 5. The third kappa shape index (κ3) is 3.64. The Hall–Kier alpha value is -3.80. The van der Waals surface area contributed by atoms with Crippen molar-refractivity contribution >= 4 is 17.4 Å². The number of benzene rings is 3. The number of carbonyl (C=O) groups is 2. The van der Waals surface area contributed by atoms with Crippen LogP contribution in [0.25, 0.3) is 0 Å². The van der Waals surface area contributed by atoms with Crippen LogP contribution in [0.15, 0.2) is 78.9 Å². The highest BCUT2D eigenvalue weighted by molar-refractivity contribution is 6.14. The number of nitro benzene ring substituents is 1. The van der Waals surface area contributed by atoms with Gasteiger partial charge in [-0.1, -0.05) is 48.5 Å². The summed E-state index contributed by atoms with van der Waals surface area (Å²) in [6.07, 6.45) is 0. The highest BCUT2D eigenvalue weighted by Gasteiger charge is 2.19. The maximum absolute atomic E-state index is 12.7. The van der Waals surface area contributed by atoms with Crippen LogP contribution in [0.2, 0.25) is 0 Å². The summed E-state index contributed by atoms with van der Waals surface area (Å²) in [4.78, 5) is 35.3. The second-order valence-corrected chi connectivity index (χ2v) is 5.38. The molecule has 3 aromatic carbocycles. The van der Waals surface area contributed by atoms with Crippen molar-refractivity contribution in [1.29, 1.82) is 0 Å². The number of esters is 1. The predicted octanol–water partition coefficient (Wildman–Crippen LogP) is 4.05. The molecule has 3 aromatic rings. The van der Waals surface area contributed by atoms with Crippen LogP contribution in [0, 0.1) is 10.1 Å². The topological polar surface area (TPSA) is 86.5 Å². The fraction of sp³-hybridized carbons (Fsp3) is 0. The Bertz CT molecular complexity index is 965. The lowest BCUT2D eigenvalue weighted by Gasteiger charge is -2.09. The maximum Gasteiger partial charge on any atom is 0.344 e. The normalized spacial score (nSPS) is 10.2. The molecule has 0 amide bonds. The van der Waals surface area contributed by atoms with Gasteiger partial charge in [-0.25, -0.2) is 4.79 Å². The monoisotopic (exact) mass is 347 g/mol. The van der Waals surface area contributed by atoms with E-state index < -0.39 is 10.9 Å². The molecule has 0 aliphatic rings. The number of hydrogen-bond donors (Lipinski definition) is 0. The molecule has 0 radical (unpaired) electrons. The third-order valence-electron chi connectivity index (χ3n) is 3.69. The number of hydrogen-bond acceptors (Lipinski definition) is 5. The van der Waals surface area contributed by atoms with E-state index >= 15 is 0 Å². The summed E-state index contributed by atoms with van der Waals surface area (Å²) in [6.45, 7) is 0. The standard InChI is InChI=1S/C20H13NO5/c22-19(14-6-2-1-3-7-14)17-8-4-5-9-18(17)20(23)26-16-12-10-15(11-13-16)21(24)25/h1-13H. The van der Waals surface area contributed by atoms with Crippen LogP contribution in [0.1, 0.15) is 26.3 Å². The molecule has 0 bridgehead atoms. The zero-order valence-electron chi connectivity index (χ0n) is 13.5. The van der Waals surface area contributed by atoms with Crippen LogP contribution >= 0.6 is 0 Å². The molecule has 0 N–H and O–H groups in total. The first-order chi connectivity index (χ1) is 12.6. The molecule has 6 nitrogen and oxygen atoms in total. The highest BCUT2D eigenvalue weighted by atomic mass is 16.6. The van der Waals surface area contributed by atoms with E-state index in [1.54, 1.807) is 48.5 Å². The molecule has 0 unspecified atom stereocenters. The zero-order valence-corrected chi connectivity index (χ0v) is 13.5. The number of nitrogens with zero attached hydrogens (tertiary/aromatic N) is 1. The van der Waals surface area contributed by atoms with E-state index in [0.717, 1.165) is 0 Å². The quantitative estimate of drug-likeness (QED) is 0.228. The predicted molar refractivity (Wildman–Crippen MR) is 94.4 cm³/mol. The lowest BCUT2D eigenvalue weighted by Crippen LogP contribution is -2.14. The van der Waals surface area contributed by atoms with Crippen LogP contribution < -0.4 is 4.74 Å². The van der Waals surface area contributed by atoms with Crippen molar-refractivity contribution in [3.63, 3.8) is 0 Å². The largest absolute Gasteiger partial charge is 0.423 e. The molecule has 0 heterocycles. The second kappa shape index (κ2) is 7.40. The number of non-ortho nitro benzene ring substituents is 1. The van der Waals surface area contributed by atoms with Gasteiger partial charge in [0, 0.05) is 23.3 Å².